The number of hydrogen-bond acceptors (Lipinski definition) is 5. The van der Waals surface area contributed by atoms with E-state index in [0.717, 1.165) is 46.5 Å². The summed E-state index contributed by atoms with van der Waals surface area (Å²) in [6.45, 7) is 11.1. The zero-order valence-corrected chi connectivity index (χ0v) is 27.5. The molecule has 0 fully saturated rings. The Bertz CT molecular complexity index is 1450. The van der Waals surface area contributed by atoms with Crippen molar-refractivity contribution in [3.05, 3.63) is 78.5 Å². The van der Waals surface area contributed by atoms with E-state index < -0.39 is 5.92 Å². The Morgan fingerprint density at radius 2 is 1.49 bits per heavy atom. The van der Waals surface area contributed by atoms with E-state index in [4.69, 9.17) is 32.7 Å². The number of halogens is 3. The molecule has 5 rings (SSSR count). The predicted molar refractivity (Wildman–Crippen MR) is 167 cm³/mol. The molecule has 218 valence electrons. The van der Waals surface area contributed by atoms with Gasteiger partial charge in [0.05, 0.1) is 11.1 Å². The van der Waals surface area contributed by atoms with E-state index in [1.165, 1.54) is 0 Å². The lowest BCUT2D eigenvalue weighted by atomic mass is 9.64. The molecule has 0 atom stereocenters. The average molecular weight is 661 g/mol. The maximum Gasteiger partial charge on any atom is 0.175 e. The van der Waals surface area contributed by atoms with Crippen LogP contribution in [-0.4, -0.2) is 30.1 Å². The molecule has 2 aromatic carbocycles. The normalized spacial score (nSPS) is 20.3. The van der Waals surface area contributed by atoms with Crippen LogP contribution in [0.25, 0.3) is 0 Å². The first-order chi connectivity index (χ1) is 19.2. The molecule has 0 amide bonds. The summed E-state index contributed by atoms with van der Waals surface area (Å²) >= 11 is 16.2. The summed E-state index contributed by atoms with van der Waals surface area (Å²) in [6.07, 6.45) is 2.44. The van der Waals surface area contributed by atoms with E-state index in [2.05, 4.69) is 48.5 Å². The molecule has 5 nitrogen and oxygen atoms in total. The van der Waals surface area contributed by atoms with Crippen LogP contribution in [0.3, 0.4) is 0 Å². The number of benzene rings is 2. The lowest BCUT2D eigenvalue weighted by Gasteiger charge is -2.48. The van der Waals surface area contributed by atoms with Crippen LogP contribution < -0.4 is 9.47 Å². The third-order valence-corrected chi connectivity index (χ3v) is 9.41. The zero-order chi connectivity index (χ0) is 29.9. The molecule has 0 saturated carbocycles. The number of Topliss-reactive ketones (excluding diaryl/α,β-unsaturated/α-hetero) is 2. The predicted octanol–water partition coefficient (Wildman–Crippen LogP) is 9.05. The molecule has 1 heterocycles. The molecule has 0 radical (unpaired) electrons. The fourth-order valence-electron chi connectivity index (χ4n) is 6.44. The van der Waals surface area contributed by atoms with E-state index >= 15 is 0 Å². The van der Waals surface area contributed by atoms with Crippen LogP contribution in [0, 0.1) is 10.8 Å². The quantitative estimate of drug-likeness (QED) is 0.309. The van der Waals surface area contributed by atoms with Gasteiger partial charge in [0.2, 0.25) is 0 Å². The number of ether oxygens (including phenoxy) is 2. The highest BCUT2D eigenvalue weighted by molar-refractivity contribution is 9.10. The van der Waals surface area contributed by atoms with Crippen molar-refractivity contribution >= 4 is 50.7 Å². The third kappa shape index (κ3) is 5.85. The van der Waals surface area contributed by atoms with Gasteiger partial charge in [0.25, 0.3) is 0 Å². The molecule has 1 aliphatic heterocycles. The van der Waals surface area contributed by atoms with Crippen molar-refractivity contribution in [2.45, 2.75) is 72.8 Å². The fourth-order valence-corrected chi connectivity index (χ4v) is 7.48. The molecular formula is C33H36BrCl2NO4. The minimum absolute atomic E-state index is 0.101. The first-order valence-corrected chi connectivity index (χ1v) is 15.6. The maximum absolute atomic E-state index is 13.9. The molecule has 0 spiro atoms. The minimum Gasteiger partial charge on any atom is -0.490 e. The van der Waals surface area contributed by atoms with Crippen molar-refractivity contribution in [1.29, 1.82) is 0 Å². The van der Waals surface area contributed by atoms with E-state index in [0.29, 0.717) is 45.5 Å². The van der Waals surface area contributed by atoms with Gasteiger partial charge in [0, 0.05) is 64.0 Å². The van der Waals surface area contributed by atoms with Gasteiger partial charge < -0.3 is 14.4 Å². The van der Waals surface area contributed by atoms with Crippen LogP contribution in [0.15, 0.2) is 57.3 Å². The molecule has 2 aliphatic carbocycles. The summed E-state index contributed by atoms with van der Waals surface area (Å²) in [5, 5.41) is 1.08. The highest BCUT2D eigenvalue weighted by Gasteiger charge is 2.48. The number of rotatable bonds is 6. The SMILES string of the molecule is CCOc1cc(C2C3=C(CC(C)(C)CC3=O)N(C)C3=C2C(=O)CC(C)(C)C3)cc(Br)c1OCc1ccc(Cl)cc1Cl. The van der Waals surface area contributed by atoms with Crippen molar-refractivity contribution in [2.75, 3.05) is 13.7 Å². The van der Waals surface area contributed by atoms with Gasteiger partial charge in [-0.15, -0.1) is 0 Å². The van der Waals surface area contributed by atoms with Crippen LogP contribution in [0.4, 0.5) is 0 Å². The van der Waals surface area contributed by atoms with Gasteiger partial charge >= 0.3 is 0 Å². The molecule has 2 aromatic rings. The van der Waals surface area contributed by atoms with Crippen LogP contribution in [0.2, 0.25) is 10.0 Å². The number of hydrogen-bond donors (Lipinski definition) is 0. The van der Waals surface area contributed by atoms with E-state index in [9.17, 15) is 9.59 Å². The first-order valence-electron chi connectivity index (χ1n) is 14.0. The van der Waals surface area contributed by atoms with Gasteiger partial charge in [-0.25, -0.2) is 0 Å². The minimum atomic E-state index is -0.460. The molecular weight excluding hydrogens is 625 g/mol. The van der Waals surface area contributed by atoms with Crippen LogP contribution in [0.1, 0.15) is 77.3 Å². The molecule has 0 bridgehead atoms. The second-order valence-electron chi connectivity index (χ2n) is 12.9. The Morgan fingerprint density at radius 3 is 2.02 bits per heavy atom. The van der Waals surface area contributed by atoms with Crippen molar-refractivity contribution in [3.8, 4) is 11.5 Å². The molecule has 41 heavy (non-hydrogen) atoms. The lowest BCUT2D eigenvalue weighted by Crippen LogP contribution is -2.43. The monoisotopic (exact) mass is 659 g/mol. The summed E-state index contributed by atoms with van der Waals surface area (Å²) in [4.78, 5) is 29.8. The van der Waals surface area contributed by atoms with Crippen LogP contribution >= 0.6 is 39.1 Å². The number of carbonyl (C=O) groups excluding carboxylic acids is 2. The van der Waals surface area contributed by atoms with Crippen molar-refractivity contribution < 1.29 is 19.1 Å². The summed E-state index contributed by atoms with van der Waals surface area (Å²) in [5.41, 5.74) is 4.83. The van der Waals surface area contributed by atoms with Gasteiger partial charge in [0.15, 0.2) is 23.1 Å². The standard InChI is InChI=1S/C33H36BrCl2NO4/c1-7-40-27-11-19(10-21(34)31(27)41-17-18-8-9-20(35)12-22(18)36)28-29-23(13-32(2,3)15-25(29)38)37(6)24-14-33(4,5)16-26(39)30(24)28/h8-12,28H,7,13-17H2,1-6H3. The second kappa shape index (κ2) is 11.1. The lowest BCUT2D eigenvalue weighted by molar-refractivity contribution is -0.119. The molecule has 0 saturated heterocycles. The largest absolute Gasteiger partial charge is 0.490 e. The molecule has 0 unspecified atom stereocenters. The number of carbonyl (C=O) groups is 2. The summed E-state index contributed by atoms with van der Waals surface area (Å²) in [5.74, 6) is 0.814. The number of ketones is 2. The first kappa shape index (κ1) is 30.2. The van der Waals surface area contributed by atoms with E-state index in [-0.39, 0.29) is 29.0 Å². The van der Waals surface area contributed by atoms with E-state index in [1.807, 2.05) is 32.2 Å². The Labute approximate surface area is 261 Å². The van der Waals surface area contributed by atoms with Crippen molar-refractivity contribution in [2.24, 2.45) is 10.8 Å². The van der Waals surface area contributed by atoms with Gasteiger partial charge in [-0.3, -0.25) is 9.59 Å². The topological polar surface area (TPSA) is 55.8 Å². The Morgan fingerprint density at radius 1 is 0.902 bits per heavy atom. The molecule has 8 heteroatoms. The number of allylic oxidation sites excluding steroid dienone is 4. The maximum atomic E-state index is 13.9. The molecule has 0 aromatic heterocycles. The highest BCUT2D eigenvalue weighted by Crippen LogP contribution is 2.55. The number of nitrogens with zero attached hydrogens (tertiary/aromatic N) is 1. The summed E-state index contributed by atoms with van der Waals surface area (Å²) in [6, 6.07) is 9.19. The Balaban J connectivity index is 1.63. The van der Waals surface area contributed by atoms with Gasteiger partial charge in [0.1, 0.15) is 6.61 Å². The third-order valence-electron chi connectivity index (χ3n) is 8.23. The van der Waals surface area contributed by atoms with E-state index in [1.54, 1.807) is 12.1 Å². The Hall–Kier alpha value is -2.28. The van der Waals surface area contributed by atoms with Crippen LogP contribution in [0.5, 0.6) is 11.5 Å². The summed E-state index contributed by atoms with van der Waals surface area (Å²) in [7, 11) is 2.02. The van der Waals surface area contributed by atoms with Crippen LogP contribution in [-0.2, 0) is 16.2 Å². The average Bonchev–Trinajstić information content (AvgIpc) is 2.84. The smallest absolute Gasteiger partial charge is 0.175 e. The van der Waals surface area contributed by atoms with Gasteiger partial charge in [-0.05, 0) is 76.4 Å². The van der Waals surface area contributed by atoms with Crippen molar-refractivity contribution in [1.82, 2.24) is 4.90 Å². The van der Waals surface area contributed by atoms with Gasteiger partial charge in [-0.2, -0.15) is 0 Å². The van der Waals surface area contributed by atoms with Gasteiger partial charge in [-0.1, -0.05) is 57.0 Å². The molecule has 3 aliphatic rings. The zero-order valence-electron chi connectivity index (χ0n) is 24.4. The second-order valence-corrected chi connectivity index (χ2v) is 14.6. The summed E-state index contributed by atoms with van der Waals surface area (Å²) < 4.78 is 13.0. The Kier molecular flexibility index (Phi) is 8.17. The molecule has 0 N–H and O–H groups in total. The highest BCUT2D eigenvalue weighted by atomic mass is 79.9. The fraction of sp³-hybridized carbons (Fsp3) is 0.455. The van der Waals surface area contributed by atoms with Crippen molar-refractivity contribution in [3.63, 3.8) is 0 Å².